The number of hydrogen-bond donors (Lipinski definition) is 3. The molecular weight excluding hydrogens is 316 g/mol. The van der Waals surface area contributed by atoms with Gasteiger partial charge in [-0.25, -0.2) is 0 Å². The van der Waals surface area contributed by atoms with Crippen LogP contribution in [0, 0.1) is 23.2 Å². The Morgan fingerprint density at radius 2 is 1.25 bits per heavy atom. The molecule has 0 aromatic heterocycles. The van der Waals surface area contributed by atoms with Crippen LogP contribution < -0.4 is 0 Å². The Morgan fingerprint density at radius 3 is 1.50 bits per heavy atom. The summed E-state index contributed by atoms with van der Waals surface area (Å²) in [5.74, 6) is -1.72. The quantitative estimate of drug-likeness (QED) is 0.609. The molecule has 5 fully saturated rings. The Bertz CT molecular complexity index is 536. The van der Waals surface area contributed by atoms with Crippen molar-refractivity contribution in [2.24, 2.45) is 23.2 Å². The molecule has 132 valence electrons. The Hall–Kier alpha value is -1.60. The summed E-state index contributed by atoms with van der Waals surface area (Å²) < 4.78 is 0. The van der Waals surface area contributed by atoms with Gasteiger partial charge in [-0.1, -0.05) is 0 Å². The van der Waals surface area contributed by atoms with Gasteiger partial charge in [0.25, 0.3) is 5.78 Å². The van der Waals surface area contributed by atoms with E-state index in [9.17, 15) is 19.2 Å². The van der Waals surface area contributed by atoms with Crippen molar-refractivity contribution in [3.8, 4) is 0 Å². The van der Waals surface area contributed by atoms with E-state index in [1.165, 1.54) is 38.5 Å². The molecule has 7 heteroatoms. The predicted octanol–water partition coefficient (Wildman–Crippen LogP) is 0.107. The van der Waals surface area contributed by atoms with Crippen molar-refractivity contribution >= 4 is 23.3 Å². The van der Waals surface area contributed by atoms with Crippen LogP contribution in [-0.4, -0.2) is 50.8 Å². The molecule has 4 bridgehead atoms. The molecule has 7 nitrogen and oxygen atoms in total. The maximum Gasteiger partial charge on any atom is 0.303 e. The van der Waals surface area contributed by atoms with Gasteiger partial charge in [0.2, 0.25) is 11.6 Å². The molecule has 5 saturated carbocycles. The Labute approximate surface area is 139 Å². The molecule has 3 N–H and O–H groups in total. The fraction of sp³-hybridized carbons (Fsp3) is 0.765. The summed E-state index contributed by atoms with van der Waals surface area (Å²) in [7, 11) is 0. The lowest BCUT2D eigenvalue weighted by Crippen LogP contribution is -2.46. The van der Waals surface area contributed by atoms with E-state index in [0.717, 1.165) is 17.8 Å². The minimum Gasteiger partial charge on any atom is -0.481 e. The van der Waals surface area contributed by atoms with E-state index < -0.39 is 35.5 Å². The van der Waals surface area contributed by atoms with Crippen LogP contribution in [0.4, 0.5) is 0 Å². The third-order valence-corrected chi connectivity index (χ3v) is 5.98. The number of Topliss-reactive ketones (excluding diaryl/α,β-unsaturated/α-hetero) is 3. The zero-order valence-corrected chi connectivity index (χ0v) is 13.3. The highest BCUT2D eigenvalue weighted by atomic mass is 16.4. The van der Waals surface area contributed by atoms with Crippen LogP contribution in [0.2, 0.25) is 0 Å². The zero-order chi connectivity index (χ0) is 17.6. The van der Waals surface area contributed by atoms with E-state index in [1.54, 1.807) is 0 Å². The number of ketones is 3. The van der Waals surface area contributed by atoms with Crippen molar-refractivity contribution in [3.05, 3.63) is 0 Å². The molecule has 0 aromatic rings. The highest BCUT2D eigenvalue weighted by molar-refractivity contribution is 6.69. The standard InChI is InChI=1S/C12H18O2.C5H4O5/c13-11(14)7-12-4-8-1-9(5-12)3-10(2-8)6-12;6-1-2(7)4(9)5(10)3(1)8/h8-10H,1-7H2,(H,13,14);1-2,6-7H. The Balaban J connectivity index is 0.000000150. The van der Waals surface area contributed by atoms with Crippen LogP contribution in [0.5, 0.6) is 0 Å². The van der Waals surface area contributed by atoms with Crippen LogP contribution in [0.25, 0.3) is 0 Å². The first kappa shape index (κ1) is 17.2. The van der Waals surface area contributed by atoms with E-state index in [4.69, 9.17) is 15.3 Å². The molecule has 0 amide bonds. The maximum atomic E-state index is 10.9. The maximum absolute atomic E-state index is 10.9. The van der Waals surface area contributed by atoms with Crippen LogP contribution in [0.15, 0.2) is 0 Å². The normalized spacial score (nSPS) is 42.9. The summed E-state index contributed by atoms with van der Waals surface area (Å²) in [6, 6.07) is 0. The number of hydrogen-bond acceptors (Lipinski definition) is 6. The molecule has 0 spiro atoms. The number of carboxylic acid groups (broad SMARTS) is 1. The molecule has 0 aliphatic heterocycles. The Morgan fingerprint density at radius 1 is 0.875 bits per heavy atom. The van der Waals surface area contributed by atoms with Gasteiger partial charge in [-0.2, -0.15) is 0 Å². The second-order valence-electron chi connectivity index (χ2n) is 7.94. The number of carbonyl (C=O) groups excluding carboxylic acids is 3. The zero-order valence-electron chi connectivity index (χ0n) is 13.3. The number of aliphatic hydroxyl groups excluding tert-OH is 2. The first-order valence-electron chi connectivity index (χ1n) is 8.41. The Kier molecular flexibility index (Phi) is 4.34. The van der Waals surface area contributed by atoms with Crippen molar-refractivity contribution in [2.75, 3.05) is 0 Å². The lowest BCUT2D eigenvalue weighted by Gasteiger charge is -2.56. The molecule has 5 aliphatic carbocycles. The molecule has 0 saturated heterocycles. The van der Waals surface area contributed by atoms with Gasteiger partial charge in [-0.15, -0.1) is 0 Å². The van der Waals surface area contributed by atoms with Gasteiger partial charge >= 0.3 is 5.97 Å². The summed E-state index contributed by atoms with van der Waals surface area (Å²) in [5, 5.41) is 26.1. The first-order valence-corrected chi connectivity index (χ1v) is 8.41. The molecule has 2 unspecified atom stereocenters. The average Bonchev–Trinajstić information content (AvgIpc) is 2.63. The second-order valence-corrected chi connectivity index (χ2v) is 7.94. The molecule has 2 atom stereocenters. The minimum atomic E-state index is -1.85. The largest absolute Gasteiger partial charge is 0.481 e. The SMILES string of the molecule is O=C(O)CC12CC3CC(CC(C3)C1)C2.O=C1C(=O)C(O)C(O)C1=O. The molecule has 5 rings (SSSR count). The van der Waals surface area contributed by atoms with Crippen molar-refractivity contribution in [1.29, 1.82) is 0 Å². The molecule has 0 radical (unpaired) electrons. The van der Waals surface area contributed by atoms with Gasteiger partial charge in [0.15, 0.2) is 12.2 Å². The van der Waals surface area contributed by atoms with Crippen molar-refractivity contribution in [1.82, 2.24) is 0 Å². The van der Waals surface area contributed by atoms with Crippen LogP contribution in [0.3, 0.4) is 0 Å². The third kappa shape index (κ3) is 3.02. The van der Waals surface area contributed by atoms with Gasteiger partial charge < -0.3 is 15.3 Å². The van der Waals surface area contributed by atoms with Crippen molar-refractivity contribution in [3.63, 3.8) is 0 Å². The molecule has 0 aromatic carbocycles. The number of aliphatic carboxylic acids is 1. The van der Waals surface area contributed by atoms with E-state index in [2.05, 4.69) is 0 Å². The number of rotatable bonds is 2. The molecule has 5 aliphatic rings. The minimum absolute atomic E-state index is 0.223. The van der Waals surface area contributed by atoms with Crippen LogP contribution >= 0.6 is 0 Å². The van der Waals surface area contributed by atoms with Crippen LogP contribution in [-0.2, 0) is 19.2 Å². The highest BCUT2D eigenvalue weighted by Crippen LogP contribution is 2.61. The fourth-order valence-electron chi connectivity index (χ4n) is 5.50. The number of carboxylic acids is 1. The van der Waals surface area contributed by atoms with Gasteiger partial charge in [0, 0.05) is 0 Å². The topological polar surface area (TPSA) is 129 Å². The van der Waals surface area contributed by atoms with E-state index in [-0.39, 0.29) is 5.41 Å². The monoisotopic (exact) mass is 338 g/mol. The van der Waals surface area contributed by atoms with Gasteiger partial charge in [0.1, 0.15) is 0 Å². The van der Waals surface area contributed by atoms with Crippen LogP contribution in [0.1, 0.15) is 44.9 Å². The second kappa shape index (κ2) is 6.04. The lowest BCUT2D eigenvalue weighted by molar-refractivity contribution is -0.145. The summed E-state index contributed by atoms with van der Waals surface area (Å²) in [5.41, 5.74) is 0.223. The summed E-state index contributed by atoms with van der Waals surface area (Å²) in [6.45, 7) is 0. The lowest BCUT2D eigenvalue weighted by atomic mass is 9.49. The summed E-state index contributed by atoms with van der Waals surface area (Å²) >= 11 is 0. The predicted molar refractivity (Wildman–Crippen MR) is 79.9 cm³/mol. The van der Waals surface area contributed by atoms with E-state index >= 15 is 0 Å². The van der Waals surface area contributed by atoms with Gasteiger partial charge in [-0.3, -0.25) is 19.2 Å². The van der Waals surface area contributed by atoms with E-state index in [1.807, 2.05) is 0 Å². The number of aliphatic hydroxyl groups is 2. The van der Waals surface area contributed by atoms with Crippen molar-refractivity contribution in [2.45, 2.75) is 57.2 Å². The molecule has 24 heavy (non-hydrogen) atoms. The van der Waals surface area contributed by atoms with Gasteiger partial charge in [0.05, 0.1) is 6.42 Å². The first-order chi connectivity index (χ1) is 11.2. The van der Waals surface area contributed by atoms with E-state index in [0.29, 0.717) is 6.42 Å². The molecular formula is C17H22O7. The molecule has 0 heterocycles. The summed E-state index contributed by atoms with van der Waals surface area (Å²) in [4.78, 5) is 41.9. The summed E-state index contributed by atoms with van der Waals surface area (Å²) in [6.07, 6.45) is 4.59. The highest BCUT2D eigenvalue weighted by Gasteiger charge is 2.51. The fourth-order valence-corrected chi connectivity index (χ4v) is 5.50. The number of carbonyl (C=O) groups is 4. The third-order valence-electron chi connectivity index (χ3n) is 5.98. The van der Waals surface area contributed by atoms with Gasteiger partial charge in [-0.05, 0) is 61.7 Å². The smallest absolute Gasteiger partial charge is 0.303 e. The van der Waals surface area contributed by atoms with Crippen molar-refractivity contribution < 1.29 is 34.5 Å². The average molecular weight is 338 g/mol.